The molecule has 4 aromatic rings. The lowest BCUT2D eigenvalue weighted by atomic mass is 10.1. The molecular formula is C20H17N3OS. The molecule has 0 saturated carbocycles. The zero-order valence-corrected chi connectivity index (χ0v) is 14.9. The van der Waals surface area contributed by atoms with Crippen molar-refractivity contribution in [3.8, 4) is 11.4 Å². The van der Waals surface area contributed by atoms with Crippen LogP contribution in [0.25, 0.3) is 22.4 Å². The summed E-state index contributed by atoms with van der Waals surface area (Å²) in [7, 11) is 0. The first-order chi connectivity index (χ1) is 12.1. The summed E-state index contributed by atoms with van der Waals surface area (Å²) in [4.78, 5) is 17.7. The summed E-state index contributed by atoms with van der Waals surface area (Å²) < 4.78 is 2.04. The fourth-order valence-electron chi connectivity index (χ4n) is 2.66. The Hall–Kier alpha value is -2.79. The molecule has 124 valence electrons. The maximum atomic E-state index is 12.6. The lowest BCUT2D eigenvalue weighted by Crippen LogP contribution is -2.23. The number of rotatable bonds is 3. The third kappa shape index (κ3) is 2.98. The predicted molar refractivity (Wildman–Crippen MR) is 102 cm³/mol. The largest absolute Gasteiger partial charge is 0.291 e. The molecule has 0 amide bonds. The maximum absolute atomic E-state index is 12.6. The van der Waals surface area contributed by atoms with E-state index in [1.54, 1.807) is 0 Å². The Morgan fingerprint density at radius 3 is 2.44 bits per heavy atom. The van der Waals surface area contributed by atoms with E-state index >= 15 is 0 Å². The summed E-state index contributed by atoms with van der Waals surface area (Å²) in [6.07, 6.45) is 2.90. The summed E-state index contributed by atoms with van der Waals surface area (Å²) in [6.45, 7) is 4.16. The number of fused-ring (bicyclic) bond motifs is 1. The summed E-state index contributed by atoms with van der Waals surface area (Å²) in [6, 6.07) is 16.2. The number of hydrogen-bond donors (Lipinski definition) is 0. The van der Waals surface area contributed by atoms with Gasteiger partial charge in [0.25, 0.3) is 5.56 Å². The van der Waals surface area contributed by atoms with Gasteiger partial charge in [0.15, 0.2) is 5.82 Å². The van der Waals surface area contributed by atoms with E-state index in [1.807, 2.05) is 49.4 Å². The molecule has 4 rings (SSSR count). The van der Waals surface area contributed by atoms with Crippen LogP contribution in [0, 0.1) is 6.92 Å². The first-order valence-electron chi connectivity index (χ1n) is 8.21. The minimum atomic E-state index is -0.120. The molecule has 4 nitrogen and oxygen atoms in total. The number of nitrogens with zero attached hydrogens (tertiary/aromatic N) is 3. The molecule has 5 heteroatoms. The van der Waals surface area contributed by atoms with Crippen LogP contribution in [0.4, 0.5) is 0 Å². The van der Waals surface area contributed by atoms with Gasteiger partial charge in [0.05, 0.1) is 4.53 Å². The van der Waals surface area contributed by atoms with Gasteiger partial charge in [0.1, 0.15) is 0 Å². The lowest BCUT2D eigenvalue weighted by molar-refractivity contribution is 0.937. The molecule has 0 unspecified atom stereocenters. The van der Waals surface area contributed by atoms with Crippen LogP contribution in [0.3, 0.4) is 0 Å². The highest BCUT2D eigenvalue weighted by Gasteiger charge is 2.11. The van der Waals surface area contributed by atoms with E-state index in [9.17, 15) is 4.79 Å². The SMILES string of the molecule is CCc1ccc(/C=c2/sc3nc(-c4ccc(C)cc4)nn3c2=O)cc1. The quantitative estimate of drug-likeness (QED) is 0.572. The van der Waals surface area contributed by atoms with Gasteiger partial charge < -0.3 is 0 Å². The molecule has 0 radical (unpaired) electrons. The van der Waals surface area contributed by atoms with E-state index in [4.69, 9.17) is 0 Å². The fourth-order valence-corrected chi connectivity index (χ4v) is 3.57. The van der Waals surface area contributed by atoms with E-state index in [2.05, 4.69) is 29.1 Å². The van der Waals surface area contributed by atoms with Crippen molar-refractivity contribution in [2.45, 2.75) is 20.3 Å². The van der Waals surface area contributed by atoms with Gasteiger partial charge >= 0.3 is 0 Å². The second-order valence-corrected chi connectivity index (χ2v) is 7.02. The Balaban J connectivity index is 1.76. The highest BCUT2D eigenvalue weighted by atomic mass is 32.1. The third-order valence-electron chi connectivity index (χ3n) is 4.18. The molecule has 0 saturated heterocycles. The fraction of sp³-hybridized carbons (Fsp3) is 0.150. The minimum absolute atomic E-state index is 0.120. The van der Waals surface area contributed by atoms with Gasteiger partial charge in [-0.3, -0.25) is 4.79 Å². The van der Waals surface area contributed by atoms with Gasteiger partial charge in [-0.1, -0.05) is 72.4 Å². The van der Waals surface area contributed by atoms with Gasteiger partial charge in [0, 0.05) is 5.56 Å². The number of hydrogen-bond acceptors (Lipinski definition) is 4. The molecule has 0 aliphatic heterocycles. The Morgan fingerprint density at radius 1 is 1.08 bits per heavy atom. The second kappa shape index (κ2) is 6.26. The molecule has 0 N–H and O–H groups in total. The van der Waals surface area contributed by atoms with E-state index in [0.29, 0.717) is 15.3 Å². The molecular weight excluding hydrogens is 330 g/mol. The Labute approximate surface area is 149 Å². The highest BCUT2D eigenvalue weighted by molar-refractivity contribution is 7.15. The molecule has 0 fully saturated rings. The minimum Gasteiger partial charge on any atom is -0.266 e. The first kappa shape index (κ1) is 15.7. The van der Waals surface area contributed by atoms with Gasteiger partial charge in [-0.25, -0.2) is 0 Å². The number of thiazole rings is 1. The average molecular weight is 347 g/mol. The molecule has 0 aliphatic carbocycles. The van der Waals surface area contributed by atoms with Gasteiger partial charge in [-0.2, -0.15) is 9.50 Å². The zero-order valence-electron chi connectivity index (χ0n) is 14.1. The molecule has 2 aromatic heterocycles. The third-order valence-corrected chi connectivity index (χ3v) is 5.14. The molecule has 2 aromatic carbocycles. The van der Waals surface area contributed by atoms with E-state index < -0.39 is 0 Å². The smallest absolute Gasteiger partial charge is 0.266 e. The predicted octanol–water partition coefficient (Wildman–Crippen LogP) is 3.24. The van der Waals surface area contributed by atoms with Crippen LogP contribution in [-0.4, -0.2) is 14.6 Å². The van der Waals surface area contributed by atoms with Crippen LogP contribution < -0.4 is 10.1 Å². The molecule has 25 heavy (non-hydrogen) atoms. The normalized spacial score (nSPS) is 12.2. The van der Waals surface area contributed by atoms with Crippen molar-refractivity contribution in [1.29, 1.82) is 0 Å². The topological polar surface area (TPSA) is 47.3 Å². The highest BCUT2D eigenvalue weighted by Crippen LogP contribution is 2.17. The van der Waals surface area contributed by atoms with Crippen molar-refractivity contribution >= 4 is 22.4 Å². The standard InChI is InChI=1S/C20H17N3OS/c1-3-14-6-8-15(9-7-14)12-17-19(24)23-20(25-17)21-18(22-23)16-10-4-13(2)5-11-16/h4-12H,3H2,1-2H3/b17-12+. The number of aromatic nitrogens is 3. The Morgan fingerprint density at radius 2 is 1.80 bits per heavy atom. The monoisotopic (exact) mass is 347 g/mol. The summed E-state index contributed by atoms with van der Waals surface area (Å²) in [5.74, 6) is 0.585. The van der Waals surface area contributed by atoms with Gasteiger partial charge in [-0.15, -0.1) is 5.10 Å². The van der Waals surface area contributed by atoms with E-state index in [-0.39, 0.29) is 5.56 Å². The lowest BCUT2D eigenvalue weighted by Gasteiger charge is -1.96. The molecule has 0 aliphatic rings. The second-order valence-electron chi connectivity index (χ2n) is 6.01. The van der Waals surface area contributed by atoms with Crippen molar-refractivity contribution in [3.05, 3.63) is 80.1 Å². The van der Waals surface area contributed by atoms with Crippen molar-refractivity contribution in [1.82, 2.24) is 14.6 Å². The van der Waals surface area contributed by atoms with E-state index in [1.165, 1.54) is 27.0 Å². The number of benzene rings is 2. The summed E-state index contributed by atoms with van der Waals surface area (Å²) in [5.41, 5.74) is 4.27. The molecule has 0 bridgehead atoms. The van der Waals surface area contributed by atoms with Crippen LogP contribution in [0.1, 0.15) is 23.6 Å². The number of aryl methyl sites for hydroxylation is 2. The first-order valence-corrected chi connectivity index (χ1v) is 9.03. The maximum Gasteiger partial charge on any atom is 0.291 e. The van der Waals surface area contributed by atoms with E-state index in [0.717, 1.165) is 17.5 Å². The van der Waals surface area contributed by atoms with Crippen LogP contribution in [0.5, 0.6) is 0 Å². The molecule has 0 atom stereocenters. The van der Waals surface area contributed by atoms with Crippen molar-refractivity contribution < 1.29 is 0 Å². The van der Waals surface area contributed by atoms with Crippen molar-refractivity contribution in [2.75, 3.05) is 0 Å². The zero-order chi connectivity index (χ0) is 17.4. The average Bonchev–Trinajstić information content (AvgIpc) is 3.16. The van der Waals surface area contributed by atoms with Crippen molar-refractivity contribution in [3.63, 3.8) is 0 Å². The van der Waals surface area contributed by atoms with Crippen LogP contribution in [0.15, 0.2) is 53.3 Å². The molecule has 2 heterocycles. The van der Waals surface area contributed by atoms with Gasteiger partial charge in [0.2, 0.25) is 4.96 Å². The summed E-state index contributed by atoms with van der Waals surface area (Å²) >= 11 is 1.37. The Kier molecular flexibility index (Phi) is 3.93. The van der Waals surface area contributed by atoms with Crippen molar-refractivity contribution in [2.24, 2.45) is 0 Å². The molecule has 0 spiro atoms. The Bertz CT molecular complexity index is 1140. The van der Waals surface area contributed by atoms with Gasteiger partial charge in [-0.05, 0) is 30.5 Å². The summed E-state index contributed by atoms with van der Waals surface area (Å²) in [5, 5.41) is 4.39. The van der Waals surface area contributed by atoms with Crippen LogP contribution in [-0.2, 0) is 6.42 Å². The van der Waals surface area contributed by atoms with Crippen LogP contribution >= 0.6 is 11.3 Å². The van der Waals surface area contributed by atoms with Crippen LogP contribution in [0.2, 0.25) is 0 Å².